The number of phenolic OH excluding ortho intramolecular Hbond substituents is 2. The van der Waals surface area contributed by atoms with Crippen molar-refractivity contribution >= 4 is 56.9 Å². The maximum absolute atomic E-state index is 16.7. The molecule has 6 nitrogen and oxygen atoms in total. The van der Waals surface area contributed by atoms with Crippen LogP contribution in [0.15, 0.2) is 121 Å². The number of aryl methyl sites for hydroxylation is 2. The average molecular weight is 1520 g/mol. The molecule has 2 heterocycles. The number of nitrogens with zero attached hydrogens (tertiary/aromatic N) is 2. The summed E-state index contributed by atoms with van der Waals surface area (Å²) in [7, 11) is 0. The number of aromatic hydroxyl groups is 2. The van der Waals surface area contributed by atoms with Crippen LogP contribution in [0, 0.1) is 51.2 Å². The second-order valence-electron chi connectivity index (χ2n) is 37.9. The zero-order valence-electron chi connectivity index (χ0n) is 67.9. The minimum Gasteiger partial charge on any atom is -0.358 e. The number of benzene rings is 8. The summed E-state index contributed by atoms with van der Waals surface area (Å²) in [5.74, 6) is 0.214. The topological polar surface area (TPSA) is 68.8 Å². The fraction of sp³-hybridized carbons (Fsp3) is 0.457. The minimum absolute atomic E-state index is 0. The van der Waals surface area contributed by atoms with Gasteiger partial charge in [0.05, 0.1) is 0 Å². The molecule has 0 amide bonds. The summed E-state index contributed by atoms with van der Waals surface area (Å²) in [6.45, 7) is 62.3. The van der Waals surface area contributed by atoms with Gasteiger partial charge in [0, 0.05) is 0 Å². The molecule has 0 aliphatic rings. The molecule has 2 N–H and O–H groups in total. The van der Waals surface area contributed by atoms with Crippen LogP contribution in [0.4, 0.5) is 8.78 Å². The first kappa shape index (κ1) is 83.1. The first-order valence-corrected chi connectivity index (χ1v) is 41.6. The van der Waals surface area contributed by atoms with E-state index in [1.54, 1.807) is 0 Å². The smallest absolute Gasteiger partial charge is 0.358 e. The first-order chi connectivity index (χ1) is 45.4. The van der Waals surface area contributed by atoms with Gasteiger partial charge in [0.25, 0.3) is 0 Å². The van der Waals surface area contributed by atoms with E-state index in [4.69, 9.17) is 9.47 Å². The van der Waals surface area contributed by atoms with Crippen LogP contribution in [0.3, 0.4) is 0 Å². The Morgan fingerprint density at radius 2 is 0.637 bits per heavy atom. The van der Waals surface area contributed by atoms with E-state index < -0.39 is 35.7 Å². The Bertz CT molecular complexity index is 4320. The number of aromatic nitrogens is 2. The van der Waals surface area contributed by atoms with Crippen LogP contribution in [0.1, 0.15) is 237 Å². The molecule has 0 saturated heterocycles. The minimum atomic E-state index is -3.63. The SMILES string of the molecule is Cc1cc(F)cc(-c2cc(C(C)(C)CC(C)(C)C)cc(-n3c4cc(C(C)(C)C)ccc4c4ccc(C(C)(C)C)cc43)c2O)c1O[CH2][Ge]([CH2]Oc1c(C)cc(F)cc1-c1cc(C(C)(C)CC(C)(C)C)cc(-n2c3cc(C(C)(C)C)ccc3c3ccc(C(C)(C)C)cc32)c1O)([CH](C)C)[CH](C)C.[CH3-].[CH3-].[Zr+2]. The second kappa shape index (κ2) is 29.0. The third-order valence-corrected chi connectivity index (χ3v) is 34.0. The van der Waals surface area contributed by atoms with Gasteiger partial charge in [-0.05, 0) is 0 Å². The van der Waals surface area contributed by atoms with Crippen molar-refractivity contribution in [2.75, 3.05) is 10.9 Å². The van der Waals surface area contributed by atoms with Gasteiger partial charge in [-0.15, -0.1) is 0 Å². The zero-order chi connectivity index (χ0) is 73.4. The summed E-state index contributed by atoms with van der Waals surface area (Å²) in [6.07, 6.45) is 1.66. The number of fused-ring (bicyclic) bond motifs is 6. The molecule has 0 radical (unpaired) electrons. The van der Waals surface area contributed by atoms with E-state index in [1.165, 1.54) is 46.5 Å². The molecule has 546 valence electrons. The molecule has 0 bridgehead atoms. The van der Waals surface area contributed by atoms with Crippen molar-refractivity contribution in [3.63, 3.8) is 0 Å². The van der Waals surface area contributed by atoms with Gasteiger partial charge >= 0.3 is 542 Å². The fourth-order valence-electron chi connectivity index (χ4n) is 16.1. The Hall–Kier alpha value is -6.15. The van der Waals surface area contributed by atoms with Crippen molar-refractivity contribution in [3.8, 4) is 56.6 Å². The maximum atomic E-state index is 16.7. The summed E-state index contributed by atoms with van der Waals surface area (Å²) in [4.78, 5) is 0. The van der Waals surface area contributed by atoms with Gasteiger partial charge in [-0.3, -0.25) is 0 Å². The van der Waals surface area contributed by atoms with Crippen LogP contribution >= 0.6 is 0 Å². The van der Waals surface area contributed by atoms with Crippen molar-refractivity contribution in [3.05, 3.63) is 192 Å². The number of phenols is 2. The van der Waals surface area contributed by atoms with Gasteiger partial charge in [-0.25, -0.2) is 0 Å². The Balaban J connectivity index is 0.00000486. The van der Waals surface area contributed by atoms with Crippen LogP contribution < -0.4 is 9.47 Å². The molecule has 8 aromatic carbocycles. The molecular formula is C92H122F2GeN2O4Zr. The standard InChI is InChI=1S/C90H116F2GeN2O4.2CH3.Zr/c1-53(2)93(54(3)4,51-98-81-55(5)37-63(91)47-71(81)69-39-61(89(25,26)49-83(7,8)9)45-77(79(69)96)94-73-41-57(85(13,14)15)29-33-65(73)66-34-30-58(42-74(66)94)86(16,17)18)52-99-82-56(6)38-64(92)48-72(82)70-40-62(90(27,28)50-84(10,11)12)46-78(80(70)97)95-75-43-59(87(19,20)21)31-35-67(75)68-36-32-60(44-76(68)95)88(22,23)24;;;/h29-48,53-54,96-97H,49-52H2,1-28H3;2*1H3;/q;2*-1;+2. The normalized spacial score (nSPS) is 13.2. The Kier molecular flexibility index (Phi) is 23.6. The molecule has 102 heavy (non-hydrogen) atoms. The van der Waals surface area contributed by atoms with Crippen LogP contribution in [-0.2, 0) is 58.7 Å². The Morgan fingerprint density at radius 1 is 0.373 bits per heavy atom. The molecule has 10 rings (SSSR count). The van der Waals surface area contributed by atoms with Crippen molar-refractivity contribution in [2.45, 2.75) is 249 Å². The van der Waals surface area contributed by atoms with Gasteiger partial charge in [-0.1, -0.05) is 83.1 Å². The van der Waals surface area contributed by atoms with Crippen molar-refractivity contribution in [1.82, 2.24) is 9.13 Å². The number of ether oxygens (including phenoxy) is 2. The van der Waals surface area contributed by atoms with E-state index in [2.05, 4.69) is 286 Å². The number of hydrogen-bond acceptors (Lipinski definition) is 4. The average Bonchev–Trinajstić information content (AvgIpc) is 1.53. The van der Waals surface area contributed by atoms with Crippen LogP contribution in [0.25, 0.3) is 77.2 Å². The molecule has 0 spiro atoms. The van der Waals surface area contributed by atoms with Crippen LogP contribution in [0.2, 0.25) is 9.50 Å². The summed E-state index contributed by atoms with van der Waals surface area (Å²) in [5, 5.41) is 31.4. The largest absolute Gasteiger partial charge is 2.00 e. The number of hydrogen-bond donors (Lipinski definition) is 2. The predicted molar refractivity (Wildman–Crippen MR) is 434 cm³/mol. The molecule has 0 fully saturated rings. The van der Waals surface area contributed by atoms with E-state index in [-0.39, 0.29) is 94.5 Å². The van der Waals surface area contributed by atoms with Crippen molar-refractivity contribution in [1.29, 1.82) is 0 Å². The summed E-state index contributed by atoms with van der Waals surface area (Å²) in [5.41, 5.74) is 14.1. The van der Waals surface area contributed by atoms with Gasteiger partial charge in [0.1, 0.15) is 0 Å². The molecular weight excluding hydrogens is 1400 g/mol. The summed E-state index contributed by atoms with van der Waals surface area (Å²) < 4.78 is 53.2. The Labute approximate surface area is 635 Å². The van der Waals surface area contributed by atoms with Crippen LogP contribution in [0.5, 0.6) is 23.0 Å². The van der Waals surface area contributed by atoms with Gasteiger partial charge in [-0.2, -0.15) is 0 Å². The molecule has 10 heteroatoms. The van der Waals surface area contributed by atoms with Crippen molar-refractivity contribution in [2.24, 2.45) is 10.8 Å². The Morgan fingerprint density at radius 3 is 0.873 bits per heavy atom. The molecule has 0 aliphatic heterocycles. The number of rotatable bonds is 16. The van der Waals surface area contributed by atoms with Gasteiger partial charge in [0.2, 0.25) is 0 Å². The predicted octanol–water partition coefficient (Wildman–Crippen LogP) is 26.8. The number of halogens is 2. The van der Waals surface area contributed by atoms with Gasteiger partial charge in [0.15, 0.2) is 0 Å². The maximum Gasteiger partial charge on any atom is 2.00 e. The van der Waals surface area contributed by atoms with Crippen LogP contribution in [-0.4, -0.2) is 43.5 Å². The molecule has 0 atom stereocenters. The van der Waals surface area contributed by atoms with Crippen molar-refractivity contribution < 1.29 is 54.7 Å². The third-order valence-electron chi connectivity index (χ3n) is 21.5. The molecule has 0 aliphatic carbocycles. The second-order valence-corrected chi connectivity index (χ2v) is 49.2. The molecule has 0 saturated carbocycles. The molecule has 2 aromatic heterocycles. The van der Waals surface area contributed by atoms with Gasteiger partial charge < -0.3 is 14.9 Å². The summed E-state index contributed by atoms with van der Waals surface area (Å²) >= 11 is -3.63. The molecule has 0 unspecified atom stereocenters. The quantitative estimate of drug-likeness (QED) is 0.0747. The molecule has 10 aromatic rings. The fourth-order valence-corrected chi connectivity index (χ4v) is 23.6. The van der Waals surface area contributed by atoms with E-state index in [1.807, 2.05) is 13.8 Å². The van der Waals surface area contributed by atoms with E-state index in [0.29, 0.717) is 67.1 Å². The zero-order valence-corrected chi connectivity index (χ0v) is 72.4. The van der Waals surface area contributed by atoms with E-state index in [0.717, 1.165) is 67.6 Å². The third kappa shape index (κ3) is 16.4. The monoisotopic (exact) mass is 1520 g/mol. The first-order valence-electron chi connectivity index (χ1n) is 36.2. The summed E-state index contributed by atoms with van der Waals surface area (Å²) in [6, 6.07) is 41.6. The van der Waals surface area contributed by atoms with E-state index >= 15 is 8.78 Å². The van der Waals surface area contributed by atoms with E-state index in [9.17, 15) is 10.2 Å².